The number of hydrogen-bond acceptors (Lipinski definition) is 4. The topological polar surface area (TPSA) is 79.3 Å². The van der Waals surface area contributed by atoms with E-state index >= 15 is 0 Å². The highest BCUT2D eigenvalue weighted by molar-refractivity contribution is 7.13. The van der Waals surface area contributed by atoms with Crippen LogP contribution in [0.3, 0.4) is 0 Å². The number of aromatic carboxylic acids is 1. The Balaban J connectivity index is 1.90. The van der Waals surface area contributed by atoms with Crippen LogP contribution in [0.4, 0.5) is 0 Å². The number of carboxylic acids is 1. The van der Waals surface area contributed by atoms with Crippen molar-refractivity contribution in [2.45, 2.75) is 64.8 Å². The fourth-order valence-corrected chi connectivity index (χ4v) is 3.90. The number of aryl methyl sites for hydroxylation is 1. The molecule has 22 heavy (non-hydrogen) atoms. The van der Waals surface area contributed by atoms with Crippen molar-refractivity contribution in [3.63, 3.8) is 0 Å². The van der Waals surface area contributed by atoms with Crippen molar-refractivity contribution in [3.05, 3.63) is 15.6 Å². The molecule has 1 heterocycles. The monoisotopic (exact) mass is 324 g/mol. The van der Waals surface area contributed by atoms with Gasteiger partial charge in [0.1, 0.15) is 9.88 Å². The van der Waals surface area contributed by atoms with E-state index in [0.29, 0.717) is 23.0 Å². The van der Waals surface area contributed by atoms with Crippen LogP contribution in [0.5, 0.6) is 0 Å². The van der Waals surface area contributed by atoms with Gasteiger partial charge in [-0.3, -0.25) is 4.79 Å². The standard InChI is InChI=1S/C16H24N2O3S/c1-10-14(16(20)21)22-15(18-10)11(2)17-13(19)9-12-7-5-3-4-6-8-12/h11-12H,3-9H2,1-2H3,(H,17,19)(H,20,21). The molecule has 0 radical (unpaired) electrons. The van der Waals surface area contributed by atoms with Gasteiger partial charge in [-0.25, -0.2) is 9.78 Å². The summed E-state index contributed by atoms with van der Waals surface area (Å²) < 4.78 is 0. The number of carbonyl (C=O) groups excluding carboxylic acids is 1. The van der Waals surface area contributed by atoms with Crippen molar-refractivity contribution < 1.29 is 14.7 Å². The highest BCUT2D eigenvalue weighted by atomic mass is 32.1. The molecule has 0 spiro atoms. The zero-order valence-corrected chi connectivity index (χ0v) is 14.0. The molecule has 1 amide bonds. The predicted octanol–water partition coefficient (Wildman–Crippen LogP) is 3.69. The van der Waals surface area contributed by atoms with Crippen LogP contribution in [0.15, 0.2) is 0 Å². The number of thiazole rings is 1. The van der Waals surface area contributed by atoms with Crippen LogP contribution in [0, 0.1) is 12.8 Å². The second-order valence-electron chi connectivity index (χ2n) is 6.12. The van der Waals surface area contributed by atoms with Gasteiger partial charge in [-0.15, -0.1) is 11.3 Å². The quantitative estimate of drug-likeness (QED) is 0.810. The smallest absolute Gasteiger partial charge is 0.347 e. The zero-order valence-electron chi connectivity index (χ0n) is 13.2. The number of aromatic nitrogens is 1. The maximum Gasteiger partial charge on any atom is 0.347 e. The average molecular weight is 324 g/mol. The van der Waals surface area contributed by atoms with Gasteiger partial charge >= 0.3 is 5.97 Å². The molecule has 0 bridgehead atoms. The summed E-state index contributed by atoms with van der Waals surface area (Å²) in [5.41, 5.74) is 0.511. The summed E-state index contributed by atoms with van der Waals surface area (Å²) in [5.74, 6) is -0.426. The Morgan fingerprint density at radius 2 is 1.95 bits per heavy atom. The van der Waals surface area contributed by atoms with Crippen LogP contribution in [0.25, 0.3) is 0 Å². The van der Waals surface area contributed by atoms with Gasteiger partial charge in [-0.1, -0.05) is 25.7 Å². The molecule has 0 aromatic carbocycles. The van der Waals surface area contributed by atoms with E-state index in [9.17, 15) is 9.59 Å². The molecular formula is C16H24N2O3S. The minimum absolute atomic E-state index is 0.0455. The molecule has 6 heteroatoms. The third kappa shape index (κ3) is 4.53. The minimum Gasteiger partial charge on any atom is -0.477 e. The van der Waals surface area contributed by atoms with Crippen molar-refractivity contribution in [3.8, 4) is 0 Å². The molecular weight excluding hydrogens is 300 g/mol. The largest absolute Gasteiger partial charge is 0.477 e. The molecule has 122 valence electrons. The summed E-state index contributed by atoms with van der Waals surface area (Å²) in [6.07, 6.45) is 7.86. The molecule has 1 aromatic heterocycles. The lowest BCUT2D eigenvalue weighted by atomic mass is 9.96. The first kappa shape index (κ1) is 16.9. The van der Waals surface area contributed by atoms with Crippen molar-refractivity contribution in [2.24, 2.45) is 5.92 Å². The third-order valence-electron chi connectivity index (χ3n) is 4.20. The van der Waals surface area contributed by atoms with Gasteiger partial charge in [-0.05, 0) is 32.6 Å². The molecule has 0 aliphatic heterocycles. The number of nitrogens with zero attached hydrogens (tertiary/aromatic N) is 1. The van der Waals surface area contributed by atoms with E-state index in [1.165, 1.54) is 25.7 Å². The van der Waals surface area contributed by atoms with Crippen LogP contribution in [0.1, 0.15) is 78.3 Å². The zero-order chi connectivity index (χ0) is 16.1. The van der Waals surface area contributed by atoms with Gasteiger partial charge in [0.15, 0.2) is 0 Å². The molecule has 1 aliphatic rings. The second-order valence-corrected chi connectivity index (χ2v) is 7.15. The Bertz CT molecular complexity index is 533. The van der Waals surface area contributed by atoms with Gasteiger partial charge in [0.2, 0.25) is 5.91 Å². The second kappa shape index (κ2) is 7.72. The lowest BCUT2D eigenvalue weighted by Crippen LogP contribution is -2.28. The molecule has 0 saturated heterocycles. The van der Waals surface area contributed by atoms with E-state index in [1.54, 1.807) is 6.92 Å². The van der Waals surface area contributed by atoms with Gasteiger partial charge in [-0.2, -0.15) is 0 Å². The number of rotatable bonds is 5. The average Bonchev–Trinajstić information content (AvgIpc) is 2.67. The van der Waals surface area contributed by atoms with Crippen molar-refractivity contribution in [1.82, 2.24) is 10.3 Å². The molecule has 1 aliphatic carbocycles. The van der Waals surface area contributed by atoms with E-state index < -0.39 is 5.97 Å². The Kier molecular flexibility index (Phi) is 5.94. The van der Waals surface area contributed by atoms with E-state index in [2.05, 4.69) is 10.3 Å². The minimum atomic E-state index is -0.960. The van der Waals surface area contributed by atoms with Crippen molar-refractivity contribution in [2.75, 3.05) is 0 Å². The molecule has 1 aromatic rings. The lowest BCUT2D eigenvalue weighted by molar-refractivity contribution is -0.122. The lowest BCUT2D eigenvalue weighted by Gasteiger charge is -2.16. The van der Waals surface area contributed by atoms with E-state index in [0.717, 1.165) is 24.2 Å². The van der Waals surface area contributed by atoms with E-state index in [-0.39, 0.29) is 16.8 Å². The van der Waals surface area contributed by atoms with Crippen molar-refractivity contribution >= 4 is 23.2 Å². The van der Waals surface area contributed by atoms with Gasteiger partial charge in [0, 0.05) is 6.42 Å². The molecule has 1 unspecified atom stereocenters. The summed E-state index contributed by atoms with van der Waals surface area (Å²) in [7, 11) is 0. The van der Waals surface area contributed by atoms with E-state index in [1.807, 2.05) is 6.92 Å². The Morgan fingerprint density at radius 3 is 2.50 bits per heavy atom. The first-order valence-electron chi connectivity index (χ1n) is 7.97. The maximum atomic E-state index is 12.2. The summed E-state index contributed by atoms with van der Waals surface area (Å²) in [4.78, 5) is 27.8. The fraction of sp³-hybridized carbons (Fsp3) is 0.688. The maximum absolute atomic E-state index is 12.2. The van der Waals surface area contributed by atoms with Crippen LogP contribution >= 0.6 is 11.3 Å². The highest BCUT2D eigenvalue weighted by Gasteiger charge is 2.21. The molecule has 5 nitrogen and oxygen atoms in total. The molecule has 1 fully saturated rings. The summed E-state index contributed by atoms with van der Waals surface area (Å²) >= 11 is 1.14. The summed E-state index contributed by atoms with van der Waals surface area (Å²) in [6, 6.07) is -0.241. The van der Waals surface area contributed by atoms with Gasteiger partial charge in [0.05, 0.1) is 11.7 Å². The Hall–Kier alpha value is -1.43. The predicted molar refractivity (Wildman–Crippen MR) is 86.2 cm³/mol. The Labute approximate surface area is 135 Å². The van der Waals surface area contributed by atoms with Crippen molar-refractivity contribution in [1.29, 1.82) is 0 Å². The fourth-order valence-electron chi connectivity index (χ4n) is 2.99. The number of carboxylic acid groups (broad SMARTS) is 1. The molecule has 1 atom stereocenters. The van der Waals surface area contributed by atoms with Crippen LogP contribution in [0.2, 0.25) is 0 Å². The van der Waals surface area contributed by atoms with Gasteiger partial charge < -0.3 is 10.4 Å². The van der Waals surface area contributed by atoms with Gasteiger partial charge in [0.25, 0.3) is 0 Å². The number of nitrogens with one attached hydrogen (secondary N) is 1. The molecule has 1 saturated carbocycles. The first-order chi connectivity index (χ1) is 10.5. The summed E-state index contributed by atoms with van der Waals surface area (Å²) in [5, 5.41) is 12.7. The van der Waals surface area contributed by atoms with Crippen LogP contribution < -0.4 is 5.32 Å². The SMILES string of the molecule is Cc1nc(C(C)NC(=O)CC2CCCCCC2)sc1C(=O)O. The normalized spacial score (nSPS) is 17.7. The van der Waals surface area contributed by atoms with Crippen LogP contribution in [-0.2, 0) is 4.79 Å². The highest BCUT2D eigenvalue weighted by Crippen LogP contribution is 2.27. The molecule has 2 N–H and O–H groups in total. The first-order valence-corrected chi connectivity index (χ1v) is 8.79. The number of hydrogen-bond donors (Lipinski definition) is 2. The van der Waals surface area contributed by atoms with Crippen LogP contribution in [-0.4, -0.2) is 22.0 Å². The third-order valence-corrected chi connectivity index (χ3v) is 5.53. The molecule has 2 rings (SSSR count). The summed E-state index contributed by atoms with van der Waals surface area (Å²) in [6.45, 7) is 3.54. The number of amides is 1. The Morgan fingerprint density at radius 1 is 1.32 bits per heavy atom. The number of carbonyl (C=O) groups is 2. The van der Waals surface area contributed by atoms with E-state index in [4.69, 9.17) is 5.11 Å².